The van der Waals surface area contributed by atoms with Crippen LogP contribution in [-0.4, -0.2) is 72.9 Å². The SMILES string of the molecule is O=C(Oc1ccccn1)OC1(C2CC2)COC1.O=C1COC1.OC1(C2CC2)COC1. The first kappa shape index (κ1) is 21.2. The summed E-state index contributed by atoms with van der Waals surface area (Å²) in [6.07, 6.45) is 5.48. The molecule has 0 unspecified atom stereocenters. The topological polar surface area (TPSA) is 113 Å². The lowest BCUT2D eigenvalue weighted by atomic mass is 9.96. The number of nitrogens with zero attached hydrogens (tertiary/aromatic N) is 1. The second-order valence-corrected chi connectivity index (χ2v) is 8.36. The Morgan fingerprint density at radius 1 is 1.00 bits per heavy atom. The van der Waals surface area contributed by atoms with Crippen molar-refractivity contribution in [3.8, 4) is 5.88 Å². The maximum atomic E-state index is 11.6. The maximum absolute atomic E-state index is 11.6. The number of aromatic nitrogens is 1. The van der Waals surface area contributed by atoms with Crippen LogP contribution in [0.3, 0.4) is 0 Å². The predicted molar refractivity (Wildman–Crippen MR) is 102 cm³/mol. The van der Waals surface area contributed by atoms with Crippen molar-refractivity contribution in [3.63, 3.8) is 0 Å². The zero-order chi connectivity index (χ0) is 21.0. The Balaban J connectivity index is 0.000000137. The lowest BCUT2D eigenvalue weighted by Gasteiger charge is -2.40. The number of aliphatic hydroxyl groups is 1. The van der Waals surface area contributed by atoms with Crippen molar-refractivity contribution in [2.24, 2.45) is 11.8 Å². The summed E-state index contributed by atoms with van der Waals surface area (Å²) in [5.74, 6) is 1.48. The Labute approximate surface area is 174 Å². The Morgan fingerprint density at radius 2 is 1.63 bits per heavy atom. The highest BCUT2D eigenvalue weighted by Crippen LogP contribution is 2.46. The van der Waals surface area contributed by atoms with Gasteiger partial charge in [-0.2, -0.15) is 0 Å². The summed E-state index contributed by atoms with van der Waals surface area (Å²) < 4.78 is 24.9. The molecule has 0 amide bonds. The Morgan fingerprint density at radius 3 is 1.97 bits per heavy atom. The van der Waals surface area contributed by atoms with Crippen LogP contribution in [0.1, 0.15) is 25.7 Å². The molecule has 0 atom stereocenters. The molecule has 1 N–H and O–H groups in total. The first-order chi connectivity index (χ1) is 14.5. The van der Waals surface area contributed by atoms with Gasteiger partial charge in [-0.05, 0) is 37.7 Å². The first-order valence-corrected chi connectivity index (χ1v) is 10.3. The van der Waals surface area contributed by atoms with E-state index in [4.69, 9.17) is 18.9 Å². The van der Waals surface area contributed by atoms with Crippen LogP contribution in [0.5, 0.6) is 5.88 Å². The van der Waals surface area contributed by atoms with Gasteiger partial charge in [0.25, 0.3) is 0 Å². The van der Waals surface area contributed by atoms with Crippen LogP contribution in [0.15, 0.2) is 24.4 Å². The van der Waals surface area contributed by atoms with Crippen molar-refractivity contribution in [1.82, 2.24) is 4.98 Å². The number of carbonyl (C=O) groups is 2. The van der Waals surface area contributed by atoms with Crippen LogP contribution in [0, 0.1) is 11.8 Å². The summed E-state index contributed by atoms with van der Waals surface area (Å²) in [6, 6.07) is 5.12. The lowest BCUT2D eigenvalue weighted by Crippen LogP contribution is -2.55. The van der Waals surface area contributed by atoms with E-state index >= 15 is 0 Å². The molecule has 6 rings (SSSR count). The standard InChI is InChI=1S/C12H13NO4.C6H10O2.C3H4O2/c14-11(16-10-3-1-2-6-13-10)17-12(7-15-8-12)9-4-5-9;7-6(3-8-4-6)5-1-2-5;4-3-1-5-2-3/h1-3,6,9H,4-5,7-8H2;5,7H,1-4H2;1-2H2. The molecule has 9 heteroatoms. The van der Waals surface area contributed by atoms with Gasteiger partial charge in [0.15, 0.2) is 11.4 Å². The van der Waals surface area contributed by atoms with Gasteiger partial charge in [0, 0.05) is 18.2 Å². The number of hydrogen-bond donors (Lipinski definition) is 1. The molecule has 0 bridgehead atoms. The molecule has 1 aromatic heterocycles. The number of ether oxygens (including phenoxy) is 5. The minimum atomic E-state index is -0.695. The highest BCUT2D eigenvalue weighted by Gasteiger charge is 2.54. The largest absolute Gasteiger partial charge is 0.515 e. The molecule has 5 fully saturated rings. The van der Waals surface area contributed by atoms with Gasteiger partial charge in [-0.3, -0.25) is 4.79 Å². The van der Waals surface area contributed by atoms with Gasteiger partial charge in [-0.1, -0.05) is 6.07 Å². The number of Topliss-reactive ketones (excluding diaryl/α,β-unsaturated/α-hetero) is 1. The molecule has 3 aliphatic heterocycles. The zero-order valence-corrected chi connectivity index (χ0v) is 16.8. The third-order valence-corrected chi connectivity index (χ3v) is 5.69. The van der Waals surface area contributed by atoms with E-state index in [1.54, 1.807) is 24.4 Å². The third kappa shape index (κ3) is 5.34. The molecule has 1 aromatic rings. The zero-order valence-electron chi connectivity index (χ0n) is 16.8. The quantitative estimate of drug-likeness (QED) is 0.723. The average molecular weight is 421 g/mol. The average Bonchev–Trinajstić information content (AvgIpc) is 3.55. The monoisotopic (exact) mass is 421 g/mol. The van der Waals surface area contributed by atoms with Crippen LogP contribution in [-0.2, 0) is 23.7 Å². The molecule has 0 aromatic carbocycles. The Bertz CT molecular complexity index is 733. The molecule has 9 nitrogen and oxygen atoms in total. The van der Waals surface area contributed by atoms with E-state index in [2.05, 4.69) is 9.72 Å². The normalized spacial score (nSPS) is 24.9. The molecular formula is C21H27NO8. The summed E-state index contributed by atoms with van der Waals surface area (Å²) in [4.78, 5) is 25.3. The molecule has 30 heavy (non-hydrogen) atoms. The predicted octanol–water partition coefficient (Wildman–Crippen LogP) is 1.52. The Kier molecular flexibility index (Phi) is 6.33. The van der Waals surface area contributed by atoms with E-state index in [-0.39, 0.29) is 17.3 Å². The van der Waals surface area contributed by atoms with Gasteiger partial charge in [-0.25, -0.2) is 9.78 Å². The van der Waals surface area contributed by atoms with Crippen molar-refractivity contribution in [2.75, 3.05) is 39.6 Å². The second kappa shape index (κ2) is 8.97. The highest BCUT2D eigenvalue weighted by molar-refractivity contribution is 5.84. The molecule has 2 saturated carbocycles. The lowest BCUT2D eigenvalue weighted by molar-refractivity contribution is -0.195. The highest BCUT2D eigenvalue weighted by atomic mass is 16.8. The first-order valence-electron chi connectivity index (χ1n) is 10.3. The van der Waals surface area contributed by atoms with Crippen LogP contribution >= 0.6 is 0 Å². The smallest absolute Gasteiger partial charge is 0.422 e. The molecule has 5 aliphatic rings. The minimum absolute atomic E-state index is 0.213. The molecule has 2 aliphatic carbocycles. The molecule has 0 radical (unpaired) electrons. The van der Waals surface area contributed by atoms with E-state index in [0.717, 1.165) is 12.8 Å². The van der Waals surface area contributed by atoms with Crippen molar-refractivity contribution < 1.29 is 38.4 Å². The van der Waals surface area contributed by atoms with Crippen LogP contribution in [0.4, 0.5) is 4.79 Å². The molecule has 164 valence electrons. The maximum Gasteiger partial charge on any atom is 0.515 e. The van der Waals surface area contributed by atoms with Gasteiger partial charge in [0.05, 0.1) is 26.4 Å². The van der Waals surface area contributed by atoms with Crippen molar-refractivity contribution in [3.05, 3.63) is 24.4 Å². The molecular weight excluding hydrogens is 394 g/mol. The summed E-state index contributed by atoms with van der Waals surface area (Å²) in [5.41, 5.74) is -0.828. The van der Waals surface area contributed by atoms with E-state index < -0.39 is 11.8 Å². The number of ketones is 1. The van der Waals surface area contributed by atoms with Gasteiger partial charge in [0.2, 0.25) is 5.88 Å². The molecule has 4 heterocycles. The summed E-state index contributed by atoms with van der Waals surface area (Å²) in [5, 5.41) is 9.42. The fourth-order valence-electron chi connectivity index (χ4n) is 3.32. The summed E-state index contributed by atoms with van der Waals surface area (Å²) >= 11 is 0. The fraction of sp³-hybridized carbons (Fsp3) is 0.667. The second-order valence-electron chi connectivity index (χ2n) is 8.36. The summed E-state index contributed by atoms with van der Waals surface area (Å²) in [6.45, 7) is 2.82. The van der Waals surface area contributed by atoms with Gasteiger partial charge >= 0.3 is 6.16 Å². The summed E-state index contributed by atoms with van der Waals surface area (Å²) in [7, 11) is 0. The number of pyridine rings is 1. The van der Waals surface area contributed by atoms with Crippen LogP contribution in [0.25, 0.3) is 0 Å². The number of hydrogen-bond acceptors (Lipinski definition) is 9. The van der Waals surface area contributed by atoms with E-state index in [1.165, 1.54) is 12.8 Å². The van der Waals surface area contributed by atoms with E-state index in [9.17, 15) is 14.7 Å². The van der Waals surface area contributed by atoms with Gasteiger partial charge in [0.1, 0.15) is 18.8 Å². The van der Waals surface area contributed by atoms with Crippen molar-refractivity contribution in [1.29, 1.82) is 0 Å². The van der Waals surface area contributed by atoms with E-state index in [0.29, 0.717) is 51.5 Å². The van der Waals surface area contributed by atoms with Crippen LogP contribution in [0.2, 0.25) is 0 Å². The van der Waals surface area contributed by atoms with Gasteiger partial charge in [-0.15, -0.1) is 0 Å². The fourth-order valence-corrected chi connectivity index (χ4v) is 3.32. The third-order valence-electron chi connectivity index (χ3n) is 5.69. The molecule has 0 spiro atoms. The minimum Gasteiger partial charge on any atom is -0.422 e. The van der Waals surface area contributed by atoms with Crippen LogP contribution < -0.4 is 4.74 Å². The van der Waals surface area contributed by atoms with Gasteiger partial charge < -0.3 is 28.8 Å². The van der Waals surface area contributed by atoms with E-state index in [1.807, 2.05) is 0 Å². The molecule has 3 saturated heterocycles. The van der Waals surface area contributed by atoms with Crippen molar-refractivity contribution in [2.45, 2.75) is 36.9 Å². The Hall–Kier alpha value is -2.07. The number of carbonyl (C=O) groups excluding carboxylic acids is 2. The van der Waals surface area contributed by atoms with Crippen molar-refractivity contribution >= 4 is 11.9 Å². The number of rotatable bonds is 4.